The van der Waals surface area contributed by atoms with Crippen molar-refractivity contribution in [3.63, 3.8) is 0 Å². The van der Waals surface area contributed by atoms with Crippen LogP contribution in [0.4, 0.5) is 0 Å². The molecule has 0 saturated carbocycles. The van der Waals surface area contributed by atoms with E-state index in [1.54, 1.807) is 6.07 Å². The Kier molecular flexibility index (Phi) is 4.71. The first-order chi connectivity index (χ1) is 10.2. The second-order valence-corrected chi connectivity index (χ2v) is 4.66. The van der Waals surface area contributed by atoms with Crippen LogP contribution >= 0.6 is 0 Å². The third kappa shape index (κ3) is 3.47. The molecule has 0 fully saturated rings. The maximum atomic E-state index is 8.68. The summed E-state index contributed by atoms with van der Waals surface area (Å²) < 4.78 is 5.75. The van der Waals surface area contributed by atoms with Gasteiger partial charge in [0.2, 0.25) is 0 Å². The van der Waals surface area contributed by atoms with Crippen molar-refractivity contribution in [2.75, 3.05) is 0 Å². The minimum absolute atomic E-state index is 0.0857. The molecule has 6 nitrogen and oxygen atoms in total. The Labute approximate surface area is 123 Å². The van der Waals surface area contributed by atoms with E-state index in [1.165, 1.54) is 6.20 Å². The number of oxime groups is 1. The molecule has 0 spiro atoms. The zero-order valence-electron chi connectivity index (χ0n) is 12.0. The largest absolute Gasteiger partial charge is 0.424 e. The Morgan fingerprint density at radius 3 is 2.86 bits per heavy atom. The molecular formula is C15H18N4O2. The second-order valence-electron chi connectivity index (χ2n) is 4.66. The third-order valence-electron chi connectivity index (χ3n) is 3.27. The van der Waals surface area contributed by atoms with Crippen LogP contribution in [0.25, 0.3) is 0 Å². The summed E-state index contributed by atoms with van der Waals surface area (Å²) in [4.78, 5) is 8.17. The number of hydrogen-bond acceptors (Lipinski definition) is 5. The van der Waals surface area contributed by atoms with Crippen molar-refractivity contribution in [3.8, 4) is 11.8 Å². The van der Waals surface area contributed by atoms with Crippen LogP contribution in [0.5, 0.6) is 11.8 Å². The number of nitrogens with zero attached hydrogens (tertiary/aromatic N) is 3. The highest BCUT2D eigenvalue weighted by Gasteiger charge is 2.12. The first-order valence-corrected chi connectivity index (χ1v) is 6.73. The average Bonchev–Trinajstić information content (AvgIpc) is 2.54. The number of rotatable bonds is 5. The summed E-state index contributed by atoms with van der Waals surface area (Å²) in [7, 11) is 0. The number of hydrogen-bond donors (Lipinski definition) is 2. The minimum Gasteiger partial charge on any atom is -0.424 e. The molecule has 0 saturated heterocycles. The lowest BCUT2D eigenvalue weighted by molar-refractivity contribution is 0.318. The van der Waals surface area contributed by atoms with Crippen molar-refractivity contribution >= 4 is 5.84 Å². The average molecular weight is 286 g/mol. The van der Waals surface area contributed by atoms with Gasteiger partial charge in [-0.1, -0.05) is 37.2 Å². The van der Waals surface area contributed by atoms with E-state index in [0.717, 1.165) is 12.0 Å². The predicted octanol–water partition coefficient (Wildman–Crippen LogP) is 2.88. The van der Waals surface area contributed by atoms with Crippen molar-refractivity contribution in [2.24, 2.45) is 10.9 Å². The highest BCUT2D eigenvalue weighted by atomic mass is 16.5. The van der Waals surface area contributed by atoms with Crippen LogP contribution in [0.3, 0.4) is 0 Å². The zero-order valence-corrected chi connectivity index (χ0v) is 12.0. The van der Waals surface area contributed by atoms with Gasteiger partial charge in [-0.25, -0.2) is 4.98 Å². The Morgan fingerprint density at radius 2 is 2.14 bits per heavy atom. The molecule has 1 unspecified atom stereocenters. The summed E-state index contributed by atoms with van der Waals surface area (Å²) >= 11 is 0. The van der Waals surface area contributed by atoms with Gasteiger partial charge in [0.15, 0.2) is 5.84 Å². The highest BCUT2D eigenvalue weighted by Crippen LogP contribution is 2.30. The van der Waals surface area contributed by atoms with Crippen molar-refractivity contribution in [3.05, 3.63) is 47.8 Å². The fourth-order valence-corrected chi connectivity index (χ4v) is 1.88. The van der Waals surface area contributed by atoms with E-state index in [1.807, 2.05) is 24.3 Å². The SMILES string of the molecule is CCC(C)c1ccccc1Oc1nccc(/C(N)=N/O)n1. The molecule has 6 heteroatoms. The van der Waals surface area contributed by atoms with Gasteiger partial charge in [0.25, 0.3) is 0 Å². The lowest BCUT2D eigenvalue weighted by Crippen LogP contribution is -2.15. The summed E-state index contributed by atoms with van der Waals surface area (Å²) in [6, 6.07) is 9.48. The third-order valence-corrected chi connectivity index (χ3v) is 3.27. The van der Waals surface area contributed by atoms with Crippen LogP contribution in [0.2, 0.25) is 0 Å². The molecular weight excluding hydrogens is 268 g/mol. The molecule has 110 valence electrons. The summed E-state index contributed by atoms with van der Waals surface area (Å²) in [5.74, 6) is 0.995. The quantitative estimate of drug-likeness (QED) is 0.381. The Bertz CT molecular complexity index is 643. The Hall–Kier alpha value is -2.63. The van der Waals surface area contributed by atoms with Crippen LogP contribution in [0.1, 0.15) is 37.4 Å². The molecule has 0 bridgehead atoms. The van der Waals surface area contributed by atoms with Gasteiger partial charge in [-0.3, -0.25) is 0 Å². The molecule has 1 aromatic carbocycles. The smallest absolute Gasteiger partial charge is 0.322 e. The predicted molar refractivity (Wildman–Crippen MR) is 79.8 cm³/mol. The van der Waals surface area contributed by atoms with Crippen molar-refractivity contribution in [1.82, 2.24) is 9.97 Å². The molecule has 0 aliphatic rings. The topological polar surface area (TPSA) is 93.6 Å². The summed E-state index contributed by atoms with van der Waals surface area (Å²) in [5, 5.41) is 11.6. The lowest BCUT2D eigenvalue weighted by atomic mass is 9.98. The van der Waals surface area contributed by atoms with Gasteiger partial charge in [0.1, 0.15) is 11.4 Å². The van der Waals surface area contributed by atoms with Crippen molar-refractivity contribution in [1.29, 1.82) is 0 Å². The van der Waals surface area contributed by atoms with Gasteiger partial charge in [-0.05, 0) is 30.0 Å². The first kappa shape index (κ1) is 14.8. The first-order valence-electron chi connectivity index (χ1n) is 6.73. The molecule has 2 rings (SSSR count). The van der Waals surface area contributed by atoms with Crippen LogP contribution in [0.15, 0.2) is 41.7 Å². The van der Waals surface area contributed by atoms with E-state index >= 15 is 0 Å². The van der Waals surface area contributed by atoms with Crippen molar-refractivity contribution < 1.29 is 9.94 Å². The van der Waals surface area contributed by atoms with E-state index < -0.39 is 0 Å². The van der Waals surface area contributed by atoms with Crippen LogP contribution in [0, 0.1) is 0 Å². The van der Waals surface area contributed by atoms with E-state index in [4.69, 9.17) is 15.7 Å². The van der Waals surface area contributed by atoms with Crippen LogP contribution < -0.4 is 10.5 Å². The number of aromatic nitrogens is 2. The molecule has 1 heterocycles. The number of amidine groups is 1. The van der Waals surface area contributed by atoms with Gasteiger partial charge >= 0.3 is 6.01 Å². The van der Waals surface area contributed by atoms with Gasteiger partial charge < -0.3 is 15.7 Å². The van der Waals surface area contributed by atoms with E-state index in [0.29, 0.717) is 17.4 Å². The lowest BCUT2D eigenvalue weighted by Gasteiger charge is -2.14. The number of ether oxygens (including phenoxy) is 1. The number of para-hydroxylation sites is 1. The highest BCUT2D eigenvalue weighted by molar-refractivity contribution is 5.95. The maximum Gasteiger partial charge on any atom is 0.322 e. The van der Waals surface area contributed by atoms with Crippen molar-refractivity contribution in [2.45, 2.75) is 26.2 Å². The molecule has 2 aromatic rings. The normalized spacial score (nSPS) is 13.0. The molecule has 0 aliphatic carbocycles. The van der Waals surface area contributed by atoms with Gasteiger partial charge in [0, 0.05) is 6.20 Å². The second kappa shape index (κ2) is 6.69. The van der Waals surface area contributed by atoms with Gasteiger partial charge in [0.05, 0.1) is 0 Å². The molecule has 0 radical (unpaired) electrons. The summed E-state index contributed by atoms with van der Waals surface area (Å²) in [6.45, 7) is 4.26. The van der Waals surface area contributed by atoms with E-state index in [-0.39, 0.29) is 11.8 Å². The molecule has 1 atom stereocenters. The molecule has 21 heavy (non-hydrogen) atoms. The minimum atomic E-state index is -0.0857. The van der Waals surface area contributed by atoms with Gasteiger partial charge in [-0.15, -0.1) is 0 Å². The van der Waals surface area contributed by atoms with Gasteiger partial charge in [-0.2, -0.15) is 4.98 Å². The fraction of sp³-hybridized carbons (Fsp3) is 0.267. The Balaban J connectivity index is 2.31. The molecule has 0 aliphatic heterocycles. The van der Waals surface area contributed by atoms with E-state index in [2.05, 4.69) is 29.0 Å². The molecule has 0 amide bonds. The van der Waals surface area contributed by atoms with Crippen LogP contribution in [-0.4, -0.2) is 21.0 Å². The number of nitrogens with two attached hydrogens (primary N) is 1. The standard InChI is InChI=1S/C15H18N4O2/c1-3-10(2)11-6-4-5-7-13(11)21-15-17-9-8-12(18-15)14(16)19-20/h4-10,20H,3H2,1-2H3,(H2,16,19). The Morgan fingerprint density at radius 1 is 1.38 bits per heavy atom. The molecule has 1 aromatic heterocycles. The monoisotopic (exact) mass is 286 g/mol. The maximum absolute atomic E-state index is 8.68. The fourth-order valence-electron chi connectivity index (χ4n) is 1.88. The molecule has 3 N–H and O–H groups in total. The van der Waals surface area contributed by atoms with E-state index in [9.17, 15) is 0 Å². The zero-order chi connectivity index (χ0) is 15.2. The summed E-state index contributed by atoms with van der Waals surface area (Å²) in [5.41, 5.74) is 6.91. The number of benzene rings is 1. The van der Waals surface area contributed by atoms with Crippen LogP contribution in [-0.2, 0) is 0 Å². The summed E-state index contributed by atoms with van der Waals surface area (Å²) in [6.07, 6.45) is 2.51.